The molecular weight excluding hydrogens is 508 g/mol. The van der Waals surface area contributed by atoms with Crippen LogP contribution >= 0.6 is 0 Å². The summed E-state index contributed by atoms with van der Waals surface area (Å²) < 4.78 is 11.7. The average Bonchev–Trinajstić information content (AvgIpc) is 2.95. The van der Waals surface area contributed by atoms with Crippen molar-refractivity contribution in [1.82, 2.24) is 9.80 Å². The number of fused-ring (bicyclic) bond motifs is 1. The molecule has 9 nitrogen and oxygen atoms in total. The maximum absolute atomic E-state index is 13.7. The lowest BCUT2D eigenvalue weighted by molar-refractivity contribution is 0.0341. The van der Waals surface area contributed by atoms with Gasteiger partial charge in [0.05, 0.1) is 25.3 Å². The molecule has 0 fully saturated rings. The molecular formula is C31H38N4O5. The van der Waals surface area contributed by atoms with Gasteiger partial charge in [-0.05, 0) is 62.0 Å². The molecule has 0 spiro atoms. The Bertz CT molecular complexity index is 1280. The van der Waals surface area contributed by atoms with Gasteiger partial charge in [-0.3, -0.25) is 9.69 Å². The molecule has 0 radical (unpaired) electrons. The Labute approximate surface area is 235 Å². The first kappa shape index (κ1) is 28.9. The molecule has 1 aliphatic rings. The number of aliphatic hydroxyl groups excluding tert-OH is 1. The fraction of sp³-hybridized carbons (Fsp3) is 0.355. The number of nitrogens with one attached hydrogen (secondary N) is 2. The third-order valence-corrected chi connectivity index (χ3v) is 7.06. The Hall–Kier alpha value is -4.08. The SMILES string of the molecule is COc1ccc(CN(C)C[C@@H]2Oc3ccc(NC(=O)Nc4ccccc4)cc3C(=O)N([C@@H](C)CO)C[C@H]2C)cc1. The molecule has 212 valence electrons. The second-order valence-corrected chi connectivity index (χ2v) is 10.3. The number of hydrogen-bond donors (Lipinski definition) is 3. The number of urea groups is 1. The summed E-state index contributed by atoms with van der Waals surface area (Å²) in [5.41, 5.74) is 2.61. The monoisotopic (exact) mass is 546 g/mol. The number of methoxy groups -OCH3 is 1. The van der Waals surface area contributed by atoms with Gasteiger partial charge in [0.15, 0.2) is 0 Å². The first-order chi connectivity index (χ1) is 19.3. The van der Waals surface area contributed by atoms with Crippen LogP contribution in [0.2, 0.25) is 0 Å². The molecule has 0 bridgehead atoms. The fourth-order valence-corrected chi connectivity index (χ4v) is 4.75. The Kier molecular flexibility index (Phi) is 9.63. The van der Waals surface area contributed by atoms with Crippen molar-refractivity contribution in [2.75, 3.05) is 44.5 Å². The average molecular weight is 547 g/mol. The standard InChI is InChI=1S/C31H38N4O5/c1-21-17-35(22(2)20-36)30(37)27-16-25(33-31(38)32-24-8-6-5-7-9-24)12-15-28(27)40-29(21)19-34(3)18-23-10-13-26(39-4)14-11-23/h5-16,21-22,29,36H,17-20H2,1-4H3,(H2,32,33,38)/t21-,22+,29+/m1/s1. The van der Waals surface area contributed by atoms with Gasteiger partial charge < -0.3 is 30.1 Å². The normalized spacial score (nSPS) is 17.8. The number of nitrogens with zero attached hydrogens (tertiary/aromatic N) is 2. The van der Waals surface area contributed by atoms with Crippen molar-refractivity contribution < 1.29 is 24.2 Å². The Morgan fingerprint density at radius 2 is 1.80 bits per heavy atom. The molecule has 1 heterocycles. The minimum absolute atomic E-state index is 0.00105. The summed E-state index contributed by atoms with van der Waals surface area (Å²) in [7, 11) is 3.69. The van der Waals surface area contributed by atoms with Gasteiger partial charge in [-0.1, -0.05) is 37.3 Å². The van der Waals surface area contributed by atoms with E-state index >= 15 is 0 Å². The number of para-hydroxylation sites is 1. The van der Waals surface area contributed by atoms with Gasteiger partial charge in [0.1, 0.15) is 17.6 Å². The summed E-state index contributed by atoms with van der Waals surface area (Å²) >= 11 is 0. The van der Waals surface area contributed by atoms with E-state index in [1.54, 1.807) is 42.3 Å². The second-order valence-electron chi connectivity index (χ2n) is 10.3. The molecule has 3 atom stereocenters. The second kappa shape index (κ2) is 13.3. The first-order valence-corrected chi connectivity index (χ1v) is 13.4. The van der Waals surface area contributed by atoms with Gasteiger partial charge in [-0.25, -0.2) is 4.79 Å². The minimum atomic E-state index is -0.419. The maximum atomic E-state index is 13.7. The molecule has 4 rings (SSSR count). The van der Waals surface area contributed by atoms with Crippen LogP contribution in [0.4, 0.5) is 16.2 Å². The van der Waals surface area contributed by atoms with E-state index in [1.165, 1.54) is 0 Å². The molecule has 0 aliphatic carbocycles. The van der Waals surface area contributed by atoms with Crippen molar-refractivity contribution in [3.8, 4) is 11.5 Å². The molecule has 3 aromatic carbocycles. The van der Waals surface area contributed by atoms with E-state index < -0.39 is 6.03 Å². The van der Waals surface area contributed by atoms with E-state index in [1.807, 2.05) is 56.4 Å². The number of amides is 3. The van der Waals surface area contributed by atoms with Crippen LogP contribution in [0.1, 0.15) is 29.8 Å². The van der Waals surface area contributed by atoms with Crippen molar-refractivity contribution >= 4 is 23.3 Å². The van der Waals surface area contributed by atoms with E-state index in [2.05, 4.69) is 22.5 Å². The molecule has 3 amide bonds. The van der Waals surface area contributed by atoms with Crippen LogP contribution in [-0.4, -0.2) is 72.8 Å². The highest BCUT2D eigenvalue weighted by Gasteiger charge is 2.33. The van der Waals surface area contributed by atoms with Crippen molar-refractivity contribution in [2.45, 2.75) is 32.5 Å². The van der Waals surface area contributed by atoms with Gasteiger partial charge in [0.2, 0.25) is 0 Å². The third kappa shape index (κ3) is 7.31. The quantitative estimate of drug-likeness (QED) is 0.360. The summed E-state index contributed by atoms with van der Waals surface area (Å²) in [6, 6.07) is 21.4. The summed E-state index contributed by atoms with van der Waals surface area (Å²) in [5, 5.41) is 15.5. The summed E-state index contributed by atoms with van der Waals surface area (Å²) in [4.78, 5) is 30.1. The number of hydrogen-bond acceptors (Lipinski definition) is 6. The smallest absolute Gasteiger partial charge is 0.323 e. The Morgan fingerprint density at radius 1 is 1.10 bits per heavy atom. The molecule has 0 unspecified atom stereocenters. The zero-order valence-corrected chi connectivity index (χ0v) is 23.5. The third-order valence-electron chi connectivity index (χ3n) is 7.06. The number of aliphatic hydroxyl groups is 1. The van der Waals surface area contributed by atoms with E-state index in [9.17, 15) is 14.7 Å². The lowest BCUT2D eigenvalue weighted by atomic mass is 9.99. The maximum Gasteiger partial charge on any atom is 0.323 e. The van der Waals surface area contributed by atoms with Crippen LogP contribution in [0.25, 0.3) is 0 Å². The van der Waals surface area contributed by atoms with E-state index in [-0.39, 0.29) is 30.6 Å². The minimum Gasteiger partial charge on any atom is -0.497 e. The first-order valence-electron chi connectivity index (χ1n) is 13.4. The van der Waals surface area contributed by atoms with E-state index in [0.29, 0.717) is 35.8 Å². The van der Waals surface area contributed by atoms with Crippen LogP contribution in [0.3, 0.4) is 0 Å². The van der Waals surface area contributed by atoms with Crippen molar-refractivity contribution in [2.24, 2.45) is 5.92 Å². The van der Waals surface area contributed by atoms with Gasteiger partial charge in [0.25, 0.3) is 5.91 Å². The van der Waals surface area contributed by atoms with Crippen molar-refractivity contribution in [1.29, 1.82) is 0 Å². The molecule has 0 aromatic heterocycles. The van der Waals surface area contributed by atoms with E-state index in [0.717, 1.165) is 17.9 Å². The number of anilines is 2. The largest absolute Gasteiger partial charge is 0.497 e. The summed E-state index contributed by atoms with van der Waals surface area (Å²) in [6.45, 7) is 5.50. The highest BCUT2D eigenvalue weighted by Crippen LogP contribution is 2.31. The molecule has 3 aromatic rings. The van der Waals surface area contributed by atoms with Gasteiger partial charge >= 0.3 is 6.03 Å². The summed E-state index contributed by atoms with van der Waals surface area (Å²) in [5.74, 6) is 1.01. The highest BCUT2D eigenvalue weighted by molar-refractivity contribution is 6.02. The van der Waals surface area contributed by atoms with Crippen molar-refractivity contribution in [3.05, 3.63) is 83.9 Å². The molecule has 0 saturated heterocycles. The fourth-order valence-electron chi connectivity index (χ4n) is 4.75. The topological polar surface area (TPSA) is 103 Å². The molecule has 9 heteroatoms. The van der Waals surface area contributed by atoms with Gasteiger partial charge in [0, 0.05) is 36.9 Å². The zero-order chi connectivity index (χ0) is 28.6. The molecule has 40 heavy (non-hydrogen) atoms. The molecule has 3 N–H and O–H groups in total. The number of carbonyl (C=O) groups excluding carboxylic acids is 2. The van der Waals surface area contributed by atoms with Crippen LogP contribution in [0, 0.1) is 5.92 Å². The van der Waals surface area contributed by atoms with E-state index in [4.69, 9.17) is 9.47 Å². The van der Waals surface area contributed by atoms with Crippen LogP contribution in [0.15, 0.2) is 72.8 Å². The van der Waals surface area contributed by atoms with Crippen LogP contribution in [0.5, 0.6) is 11.5 Å². The van der Waals surface area contributed by atoms with Crippen molar-refractivity contribution in [3.63, 3.8) is 0 Å². The lowest BCUT2D eigenvalue weighted by Crippen LogP contribution is -2.49. The molecule has 0 saturated carbocycles. The summed E-state index contributed by atoms with van der Waals surface area (Å²) in [6.07, 6.45) is -0.219. The predicted molar refractivity (Wildman–Crippen MR) is 156 cm³/mol. The molecule has 1 aliphatic heterocycles. The van der Waals surface area contributed by atoms with Gasteiger partial charge in [-0.2, -0.15) is 0 Å². The number of likely N-dealkylation sites (N-methyl/N-ethyl adjacent to an activating group) is 1. The Morgan fingerprint density at radius 3 is 2.48 bits per heavy atom. The number of ether oxygens (including phenoxy) is 2. The predicted octanol–water partition coefficient (Wildman–Crippen LogP) is 4.69. The number of benzene rings is 3. The van der Waals surface area contributed by atoms with Crippen LogP contribution < -0.4 is 20.1 Å². The highest BCUT2D eigenvalue weighted by atomic mass is 16.5. The van der Waals surface area contributed by atoms with Gasteiger partial charge in [-0.15, -0.1) is 0 Å². The zero-order valence-electron chi connectivity index (χ0n) is 23.5. The Balaban J connectivity index is 1.54. The lowest BCUT2D eigenvalue weighted by Gasteiger charge is -2.38. The number of carbonyl (C=O) groups is 2. The number of rotatable bonds is 9. The van der Waals surface area contributed by atoms with Crippen LogP contribution in [-0.2, 0) is 6.54 Å².